The second kappa shape index (κ2) is 7.55. The molecule has 5 aromatic rings. The lowest BCUT2D eigenvalue weighted by molar-refractivity contribution is 0.854. The maximum absolute atomic E-state index is 6.41. The van der Waals surface area contributed by atoms with E-state index in [1.165, 1.54) is 0 Å². The van der Waals surface area contributed by atoms with Gasteiger partial charge in [-0.3, -0.25) is 10.9 Å². The van der Waals surface area contributed by atoms with Crippen LogP contribution in [-0.4, -0.2) is 10.8 Å². The van der Waals surface area contributed by atoms with Crippen LogP contribution < -0.4 is 16.0 Å². The number of rotatable bonds is 2. The third kappa shape index (κ3) is 3.11. The van der Waals surface area contributed by atoms with E-state index in [0.29, 0.717) is 16.5 Å². The van der Waals surface area contributed by atoms with Gasteiger partial charge in [-0.25, -0.2) is 9.98 Å². The molecule has 6 rings (SSSR count). The van der Waals surface area contributed by atoms with Gasteiger partial charge in [-0.2, -0.15) is 5.12 Å². The monoisotopic (exact) mass is 435 g/mol. The maximum atomic E-state index is 6.41. The Hall–Kier alpha value is -4.09. The summed E-state index contributed by atoms with van der Waals surface area (Å²) in [5.74, 6) is 0.706. The minimum absolute atomic E-state index is 0.601. The van der Waals surface area contributed by atoms with Gasteiger partial charge in [0.2, 0.25) is 0 Å². The van der Waals surface area contributed by atoms with Crippen molar-refractivity contribution in [1.82, 2.24) is 10.4 Å². The first-order chi connectivity index (χ1) is 15.8. The molecule has 0 fully saturated rings. The van der Waals surface area contributed by atoms with E-state index in [0.717, 1.165) is 38.7 Å². The number of para-hydroxylation sites is 4. The van der Waals surface area contributed by atoms with E-state index >= 15 is 0 Å². The molecule has 0 saturated heterocycles. The third-order valence-corrected chi connectivity index (χ3v) is 5.82. The quantitative estimate of drug-likeness (QED) is 0.312. The van der Waals surface area contributed by atoms with E-state index in [1.807, 2.05) is 90.0 Å². The normalized spacial score (nSPS) is 14.3. The molecule has 0 bridgehead atoms. The highest BCUT2D eigenvalue weighted by Gasteiger charge is 2.24. The van der Waals surface area contributed by atoms with Crippen LogP contribution in [0.15, 0.2) is 102 Å². The van der Waals surface area contributed by atoms with E-state index in [4.69, 9.17) is 21.6 Å². The Morgan fingerprint density at radius 3 is 2.06 bits per heavy atom. The Labute approximate surface area is 189 Å². The standard InChI is InChI=1S/C26H18ClN5/c27-20-12-4-8-16-24(20)29-26-19-11-3-7-15-23(19)30-32(31-26)25-17-9-1-5-13-21(17)28-22-14-6-2-10-18(22)25/h1-16,30H,(H,29,31). The molecule has 0 aliphatic carbocycles. The molecular formula is C26H18ClN5. The summed E-state index contributed by atoms with van der Waals surface area (Å²) in [7, 11) is 0. The highest BCUT2D eigenvalue weighted by molar-refractivity contribution is 6.33. The summed E-state index contributed by atoms with van der Waals surface area (Å²) in [6.45, 7) is 0. The Balaban J connectivity index is 1.58. The van der Waals surface area contributed by atoms with Gasteiger partial charge in [0, 0.05) is 16.3 Å². The number of amidine groups is 1. The molecular weight excluding hydrogens is 418 g/mol. The molecule has 32 heavy (non-hydrogen) atoms. The first-order valence-electron chi connectivity index (χ1n) is 10.3. The van der Waals surface area contributed by atoms with E-state index in [1.54, 1.807) is 0 Å². The van der Waals surface area contributed by atoms with Gasteiger partial charge in [0.05, 0.1) is 33.1 Å². The highest BCUT2D eigenvalue weighted by atomic mass is 35.5. The van der Waals surface area contributed by atoms with Crippen LogP contribution in [-0.2, 0) is 0 Å². The number of hydrogen-bond acceptors (Lipinski definition) is 4. The van der Waals surface area contributed by atoms with Crippen LogP contribution in [0.2, 0.25) is 5.02 Å². The molecule has 2 heterocycles. The molecule has 0 unspecified atom stereocenters. The predicted octanol–water partition coefficient (Wildman–Crippen LogP) is 6.47. The van der Waals surface area contributed by atoms with Crippen molar-refractivity contribution < 1.29 is 0 Å². The second-order valence-corrected chi connectivity index (χ2v) is 7.92. The lowest BCUT2D eigenvalue weighted by atomic mass is 10.1. The molecule has 0 spiro atoms. The lowest BCUT2D eigenvalue weighted by Crippen LogP contribution is -2.50. The molecule has 1 aliphatic heterocycles. The molecule has 0 atom stereocenters. The Bertz CT molecular complexity index is 1460. The largest absolute Gasteiger partial charge is 0.279 e. The SMILES string of the molecule is Clc1ccccc1N=C1NN(c2c3ccccc3nc3ccccc23)Nc2ccccc21. The molecule has 1 aromatic heterocycles. The Morgan fingerprint density at radius 2 is 1.31 bits per heavy atom. The van der Waals surface area contributed by atoms with Crippen molar-refractivity contribution in [1.29, 1.82) is 0 Å². The third-order valence-electron chi connectivity index (χ3n) is 5.50. The molecule has 2 N–H and O–H groups in total. The fourth-order valence-electron chi connectivity index (χ4n) is 4.02. The van der Waals surface area contributed by atoms with Gasteiger partial charge in [-0.15, -0.1) is 0 Å². The number of halogens is 1. The number of aromatic nitrogens is 1. The maximum Gasteiger partial charge on any atom is 0.156 e. The zero-order valence-corrected chi connectivity index (χ0v) is 17.7. The number of nitrogens with one attached hydrogen (secondary N) is 2. The molecule has 0 radical (unpaired) electrons. The number of nitrogens with zero attached hydrogens (tertiary/aromatic N) is 3. The van der Waals surface area contributed by atoms with Crippen molar-refractivity contribution in [2.45, 2.75) is 0 Å². The van der Waals surface area contributed by atoms with Crippen LogP contribution in [0, 0.1) is 0 Å². The molecule has 0 amide bonds. The predicted molar refractivity (Wildman–Crippen MR) is 133 cm³/mol. The Morgan fingerprint density at radius 1 is 0.688 bits per heavy atom. The summed E-state index contributed by atoms with van der Waals surface area (Å²) in [6, 6.07) is 31.9. The van der Waals surface area contributed by atoms with E-state index in [2.05, 4.69) is 23.0 Å². The highest BCUT2D eigenvalue weighted by Crippen LogP contribution is 2.35. The van der Waals surface area contributed by atoms with E-state index < -0.39 is 0 Å². The van der Waals surface area contributed by atoms with Crippen LogP contribution in [0.3, 0.4) is 0 Å². The summed E-state index contributed by atoms with van der Waals surface area (Å²) >= 11 is 6.41. The van der Waals surface area contributed by atoms with Gasteiger partial charge < -0.3 is 0 Å². The van der Waals surface area contributed by atoms with Crippen LogP contribution in [0.4, 0.5) is 17.1 Å². The van der Waals surface area contributed by atoms with Crippen molar-refractivity contribution in [2.24, 2.45) is 4.99 Å². The van der Waals surface area contributed by atoms with Crippen molar-refractivity contribution in [2.75, 3.05) is 10.5 Å². The van der Waals surface area contributed by atoms with Crippen LogP contribution in [0.1, 0.15) is 5.56 Å². The van der Waals surface area contributed by atoms with Crippen molar-refractivity contribution in [3.8, 4) is 0 Å². The fourth-order valence-corrected chi connectivity index (χ4v) is 4.20. The minimum atomic E-state index is 0.601. The number of pyridine rings is 1. The summed E-state index contributed by atoms with van der Waals surface area (Å²) < 4.78 is 0. The van der Waals surface area contributed by atoms with Crippen LogP contribution in [0.5, 0.6) is 0 Å². The van der Waals surface area contributed by atoms with Gasteiger partial charge >= 0.3 is 0 Å². The smallest absolute Gasteiger partial charge is 0.156 e. The fraction of sp³-hybridized carbons (Fsp3) is 0. The average molecular weight is 436 g/mol. The molecule has 5 nitrogen and oxygen atoms in total. The van der Waals surface area contributed by atoms with Crippen LogP contribution >= 0.6 is 11.6 Å². The number of fused-ring (bicyclic) bond motifs is 3. The zero-order valence-electron chi connectivity index (χ0n) is 17.0. The first kappa shape index (κ1) is 18.7. The van der Waals surface area contributed by atoms with E-state index in [-0.39, 0.29) is 0 Å². The van der Waals surface area contributed by atoms with Gasteiger partial charge in [-0.05, 0) is 36.4 Å². The van der Waals surface area contributed by atoms with E-state index in [9.17, 15) is 0 Å². The average Bonchev–Trinajstić information content (AvgIpc) is 2.84. The van der Waals surface area contributed by atoms with Crippen molar-refractivity contribution in [3.63, 3.8) is 0 Å². The number of benzene rings is 4. The zero-order chi connectivity index (χ0) is 21.5. The number of hydrazine groups is 2. The van der Waals surface area contributed by atoms with Crippen molar-refractivity contribution >= 4 is 56.3 Å². The molecule has 0 saturated carbocycles. The molecule has 154 valence electrons. The van der Waals surface area contributed by atoms with Crippen LogP contribution in [0.25, 0.3) is 21.8 Å². The van der Waals surface area contributed by atoms with Crippen molar-refractivity contribution in [3.05, 3.63) is 108 Å². The number of anilines is 2. The number of aliphatic imine (C=N–C) groups is 1. The van der Waals surface area contributed by atoms with Gasteiger partial charge in [0.25, 0.3) is 0 Å². The van der Waals surface area contributed by atoms with Gasteiger partial charge in [0.1, 0.15) is 0 Å². The summed E-state index contributed by atoms with van der Waals surface area (Å²) in [5, 5.41) is 4.58. The molecule has 1 aliphatic rings. The number of hydrogen-bond donors (Lipinski definition) is 2. The van der Waals surface area contributed by atoms with Gasteiger partial charge in [-0.1, -0.05) is 72.3 Å². The second-order valence-electron chi connectivity index (χ2n) is 7.51. The lowest BCUT2D eigenvalue weighted by Gasteiger charge is -2.35. The summed E-state index contributed by atoms with van der Waals surface area (Å²) in [4.78, 5) is 9.72. The minimum Gasteiger partial charge on any atom is -0.279 e. The summed E-state index contributed by atoms with van der Waals surface area (Å²) in [5.41, 5.74) is 12.4. The molecule has 6 heteroatoms. The summed E-state index contributed by atoms with van der Waals surface area (Å²) in [6.07, 6.45) is 0. The van der Waals surface area contributed by atoms with Gasteiger partial charge in [0.15, 0.2) is 5.84 Å². The first-order valence-corrected chi connectivity index (χ1v) is 10.7. The topological polar surface area (TPSA) is 52.6 Å². The molecule has 4 aromatic carbocycles. The Kier molecular flexibility index (Phi) is 4.40.